The van der Waals surface area contributed by atoms with E-state index in [1.165, 1.54) is 6.08 Å². The Labute approximate surface area is 76.0 Å². The predicted octanol–water partition coefficient (Wildman–Crippen LogP) is -0.341. The van der Waals surface area contributed by atoms with E-state index >= 15 is 0 Å². The van der Waals surface area contributed by atoms with Gasteiger partial charge in [-0.15, -0.1) is 6.58 Å². The predicted molar refractivity (Wildman–Crippen MR) is 45.0 cm³/mol. The van der Waals surface area contributed by atoms with E-state index in [9.17, 15) is 4.57 Å². The number of phosphoric acid groups is 1. The van der Waals surface area contributed by atoms with Gasteiger partial charge in [-0.05, 0) is 0 Å². The van der Waals surface area contributed by atoms with Crippen LogP contribution in [0, 0.1) is 0 Å². The maximum Gasteiger partial charge on any atom is 0.470 e. The van der Waals surface area contributed by atoms with Crippen LogP contribution < -0.4 is 0 Å². The number of aliphatic hydroxyl groups is 1. The minimum Gasteiger partial charge on any atom is -0.394 e. The van der Waals surface area contributed by atoms with Crippen molar-refractivity contribution in [2.75, 3.05) is 19.8 Å². The Kier molecular flexibility index (Phi) is 6.15. The average molecular weight is 212 g/mol. The second kappa shape index (κ2) is 6.26. The van der Waals surface area contributed by atoms with Crippen LogP contribution in [0.3, 0.4) is 0 Å². The van der Waals surface area contributed by atoms with E-state index in [1.807, 2.05) is 0 Å². The number of ether oxygens (including phenoxy) is 1. The molecule has 0 fully saturated rings. The molecule has 0 amide bonds. The van der Waals surface area contributed by atoms with E-state index < -0.39 is 20.5 Å². The topological polar surface area (TPSA) is 96.2 Å². The van der Waals surface area contributed by atoms with E-state index in [0.29, 0.717) is 0 Å². The summed E-state index contributed by atoms with van der Waals surface area (Å²) >= 11 is 0. The highest BCUT2D eigenvalue weighted by atomic mass is 31.2. The molecule has 0 saturated heterocycles. The standard InChI is InChI=1S/C6H13O6P/c1-2-3-11-5-6(4-7)12-13(8,9)10/h2,6-7H,1,3-5H2,(H2,8,9,10). The van der Waals surface area contributed by atoms with Crippen LogP contribution >= 0.6 is 7.82 Å². The van der Waals surface area contributed by atoms with Crippen molar-refractivity contribution in [2.24, 2.45) is 0 Å². The maximum absolute atomic E-state index is 10.3. The Bertz CT molecular complexity index is 188. The second-order valence-corrected chi connectivity index (χ2v) is 3.42. The van der Waals surface area contributed by atoms with Crippen LogP contribution in [-0.2, 0) is 13.8 Å². The summed E-state index contributed by atoms with van der Waals surface area (Å²) in [4.78, 5) is 16.8. The highest BCUT2D eigenvalue weighted by Gasteiger charge is 2.21. The van der Waals surface area contributed by atoms with Gasteiger partial charge < -0.3 is 19.6 Å². The Morgan fingerprint density at radius 1 is 1.54 bits per heavy atom. The summed E-state index contributed by atoms with van der Waals surface area (Å²) in [5.74, 6) is 0. The first kappa shape index (κ1) is 12.8. The highest BCUT2D eigenvalue weighted by Crippen LogP contribution is 2.37. The van der Waals surface area contributed by atoms with E-state index in [2.05, 4.69) is 11.1 Å². The summed E-state index contributed by atoms with van der Waals surface area (Å²) in [6, 6.07) is 0. The fraction of sp³-hybridized carbons (Fsp3) is 0.667. The van der Waals surface area contributed by atoms with Gasteiger partial charge in [-0.1, -0.05) is 6.08 Å². The lowest BCUT2D eigenvalue weighted by Crippen LogP contribution is -2.22. The third-order valence-corrected chi connectivity index (χ3v) is 1.60. The molecule has 0 aliphatic heterocycles. The van der Waals surface area contributed by atoms with E-state index in [4.69, 9.17) is 19.6 Å². The molecule has 0 rings (SSSR count). The molecule has 0 aliphatic carbocycles. The third-order valence-electron chi connectivity index (χ3n) is 1.03. The van der Waals surface area contributed by atoms with Crippen molar-refractivity contribution >= 4 is 7.82 Å². The van der Waals surface area contributed by atoms with Crippen molar-refractivity contribution < 1.29 is 28.7 Å². The van der Waals surface area contributed by atoms with Gasteiger partial charge in [0.1, 0.15) is 6.10 Å². The van der Waals surface area contributed by atoms with Crippen molar-refractivity contribution in [3.05, 3.63) is 12.7 Å². The second-order valence-electron chi connectivity index (χ2n) is 2.23. The summed E-state index contributed by atoms with van der Waals surface area (Å²) in [5.41, 5.74) is 0. The zero-order chi connectivity index (χ0) is 10.3. The van der Waals surface area contributed by atoms with Gasteiger partial charge in [-0.25, -0.2) is 4.57 Å². The molecule has 0 radical (unpaired) electrons. The van der Waals surface area contributed by atoms with Crippen molar-refractivity contribution in [3.63, 3.8) is 0 Å². The Hall–Kier alpha value is -0.230. The van der Waals surface area contributed by atoms with Crippen molar-refractivity contribution in [3.8, 4) is 0 Å². The minimum absolute atomic E-state index is 0.0897. The number of hydrogen-bond acceptors (Lipinski definition) is 4. The van der Waals surface area contributed by atoms with Gasteiger partial charge in [0, 0.05) is 0 Å². The first-order valence-corrected chi connectivity index (χ1v) is 5.06. The normalized spacial score (nSPS) is 14.1. The Morgan fingerprint density at radius 3 is 2.54 bits per heavy atom. The van der Waals surface area contributed by atoms with Crippen LogP contribution in [0.4, 0.5) is 0 Å². The molecule has 0 bridgehead atoms. The van der Waals surface area contributed by atoms with Gasteiger partial charge in [0.25, 0.3) is 0 Å². The lowest BCUT2D eigenvalue weighted by molar-refractivity contribution is 0.0130. The monoisotopic (exact) mass is 212 g/mol. The van der Waals surface area contributed by atoms with Crippen LogP contribution in [0.1, 0.15) is 0 Å². The van der Waals surface area contributed by atoms with Crippen LogP contribution in [0.5, 0.6) is 0 Å². The molecule has 3 N–H and O–H groups in total. The largest absolute Gasteiger partial charge is 0.470 e. The molecule has 1 atom stereocenters. The first-order valence-electron chi connectivity index (χ1n) is 3.53. The van der Waals surface area contributed by atoms with Gasteiger partial charge in [0.05, 0.1) is 19.8 Å². The van der Waals surface area contributed by atoms with Gasteiger partial charge in [0.15, 0.2) is 0 Å². The molecule has 0 aromatic rings. The molecule has 0 saturated carbocycles. The third kappa shape index (κ3) is 8.11. The molecule has 0 aromatic heterocycles. The number of hydrogen-bond donors (Lipinski definition) is 3. The molecular formula is C6H13O6P. The van der Waals surface area contributed by atoms with E-state index in [0.717, 1.165) is 0 Å². The quantitative estimate of drug-likeness (QED) is 0.303. The molecule has 78 valence electrons. The van der Waals surface area contributed by atoms with Crippen molar-refractivity contribution in [1.82, 2.24) is 0 Å². The van der Waals surface area contributed by atoms with Gasteiger partial charge in [-0.3, -0.25) is 4.52 Å². The number of phosphoric ester groups is 1. The van der Waals surface area contributed by atoms with Gasteiger partial charge >= 0.3 is 7.82 Å². The molecular weight excluding hydrogens is 199 g/mol. The van der Waals surface area contributed by atoms with E-state index in [-0.39, 0.29) is 13.2 Å². The molecule has 7 heteroatoms. The number of aliphatic hydroxyl groups excluding tert-OH is 1. The fourth-order valence-electron chi connectivity index (χ4n) is 0.593. The summed E-state index contributed by atoms with van der Waals surface area (Å²) in [6.45, 7) is 3.01. The van der Waals surface area contributed by atoms with Crippen LogP contribution in [-0.4, -0.2) is 40.8 Å². The summed E-state index contributed by atoms with van der Waals surface area (Å²) in [7, 11) is -4.55. The van der Waals surface area contributed by atoms with Crippen LogP contribution in [0.25, 0.3) is 0 Å². The minimum atomic E-state index is -4.55. The van der Waals surface area contributed by atoms with Crippen molar-refractivity contribution in [2.45, 2.75) is 6.10 Å². The Balaban J connectivity index is 3.76. The van der Waals surface area contributed by atoms with Gasteiger partial charge in [0.2, 0.25) is 0 Å². The Morgan fingerprint density at radius 2 is 2.15 bits per heavy atom. The lowest BCUT2D eigenvalue weighted by atomic mass is 10.4. The average Bonchev–Trinajstić information content (AvgIpc) is 2.01. The smallest absolute Gasteiger partial charge is 0.394 e. The lowest BCUT2D eigenvalue weighted by Gasteiger charge is -2.15. The zero-order valence-electron chi connectivity index (χ0n) is 7.00. The molecule has 6 nitrogen and oxygen atoms in total. The molecule has 1 unspecified atom stereocenters. The maximum atomic E-state index is 10.3. The highest BCUT2D eigenvalue weighted by molar-refractivity contribution is 7.46. The first-order chi connectivity index (χ1) is 5.99. The molecule has 13 heavy (non-hydrogen) atoms. The van der Waals surface area contributed by atoms with Gasteiger partial charge in [-0.2, -0.15) is 0 Å². The van der Waals surface area contributed by atoms with Crippen LogP contribution in [0.15, 0.2) is 12.7 Å². The van der Waals surface area contributed by atoms with Crippen molar-refractivity contribution in [1.29, 1.82) is 0 Å². The molecule has 0 aliphatic rings. The zero-order valence-corrected chi connectivity index (χ0v) is 7.89. The summed E-state index contributed by atoms with van der Waals surface area (Å²) < 4.78 is 19.3. The summed E-state index contributed by atoms with van der Waals surface area (Å²) in [5, 5.41) is 8.61. The molecule has 0 aromatic carbocycles. The fourth-order valence-corrected chi connectivity index (χ4v) is 1.11. The van der Waals surface area contributed by atoms with E-state index in [1.54, 1.807) is 0 Å². The van der Waals surface area contributed by atoms with Crippen LogP contribution in [0.2, 0.25) is 0 Å². The molecule has 0 spiro atoms. The molecule has 0 heterocycles. The summed E-state index contributed by atoms with van der Waals surface area (Å²) in [6.07, 6.45) is 0.465. The number of rotatable bonds is 7. The SMILES string of the molecule is C=CCOCC(CO)OP(=O)(O)O.